The van der Waals surface area contributed by atoms with Crippen molar-refractivity contribution in [1.29, 1.82) is 0 Å². The SMILES string of the molecule is Cn1nc2ccc(OCc3ccccc3)cc2c1C(=O)NC(C)(C)CO. The molecular weight excluding hydrogens is 330 g/mol. The Kier molecular flexibility index (Phi) is 4.95. The number of aliphatic hydroxyl groups is 1. The molecule has 0 aliphatic carbocycles. The van der Waals surface area contributed by atoms with Crippen LogP contribution in [-0.4, -0.2) is 32.9 Å². The summed E-state index contributed by atoms with van der Waals surface area (Å²) in [6.07, 6.45) is 0. The number of ether oxygens (including phenoxy) is 1. The monoisotopic (exact) mass is 353 g/mol. The molecule has 0 aliphatic heterocycles. The van der Waals surface area contributed by atoms with Crippen molar-refractivity contribution in [3.63, 3.8) is 0 Å². The minimum Gasteiger partial charge on any atom is -0.489 e. The summed E-state index contributed by atoms with van der Waals surface area (Å²) >= 11 is 0. The highest BCUT2D eigenvalue weighted by atomic mass is 16.5. The number of hydrogen-bond acceptors (Lipinski definition) is 4. The predicted octanol–water partition coefficient (Wildman–Crippen LogP) is 2.65. The van der Waals surface area contributed by atoms with Crippen molar-refractivity contribution < 1.29 is 14.6 Å². The first kappa shape index (κ1) is 17.9. The van der Waals surface area contributed by atoms with E-state index in [4.69, 9.17) is 4.74 Å². The maximum absolute atomic E-state index is 12.7. The minimum absolute atomic E-state index is 0.153. The van der Waals surface area contributed by atoms with Gasteiger partial charge in [0.2, 0.25) is 0 Å². The molecule has 2 N–H and O–H groups in total. The number of rotatable bonds is 6. The summed E-state index contributed by atoms with van der Waals surface area (Å²) in [5, 5.41) is 17.3. The molecule has 6 nitrogen and oxygen atoms in total. The molecule has 1 heterocycles. The first-order valence-corrected chi connectivity index (χ1v) is 8.46. The van der Waals surface area contributed by atoms with Crippen molar-refractivity contribution in [2.75, 3.05) is 6.61 Å². The van der Waals surface area contributed by atoms with Gasteiger partial charge in [0, 0.05) is 12.4 Å². The largest absolute Gasteiger partial charge is 0.489 e. The molecule has 0 fully saturated rings. The maximum Gasteiger partial charge on any atom is 0.270 e. The molecule has 6 heteroatoms. The van der Waals surface area contributed by atoms with E-state index in [-0.39, 0.29) is 12.5 Å². The average molecular weight is 353 g/mol. The number of hydrogen-bond donors (Lipinski definition) is 2. The fraction of sp³-hybridized carbons (Fsp3) is 0.300. The number of nitrogens with one attached hydrogen (secondary N) is 1. The Morgan fingerprint density at radius 2 is 1.96 bits per heavy atom. The molecule has 136 valence electrons. The molecular formula is C20H23N3O3. The Morgan fingerprint density at radius 1 is 1.23 bits per heavy atom. The highest BCUT2D eigenvalue weighted by molar-refractivity contribution is 6.05. The first-order valence-electron chi connectivity index (χ1n) is 8.46. The zero-order chi connectivity index (χ0) is 18.7. The number of nitrogens with zero attached hydrogens (tertiary/aromatic N) is 2. The number of aromatic nitrogens is 2. The van der Waals surface area contributed by atoms with E-state index in [0.717, 1.165) is 5.56 Å². The van der Waals surface area contributed by atoms with Gasteiger partial charge in [-0.3, -0.25) is 9.48 Å². The van der Waals surface area contributed by atoms with Crippen molar-refractivity contribution in [2.24, 2.45) is 7.05 Å². The molecule has 0 saturated heterocycles. The fourth-order valence-electron chi connectivity index (χ4n) is 2.68. The van der Waals surface area contributed by atoms with E-state index < -0.39 is 5.54 Å². The third-order valence-electron chi connectivity index (χ3n) is 4.12. The second kappa shape index (κ2) is 7.17. The van der Waals surface area contributed by atoms with E-state index in [2.05, 4.69) is 10.4 Å². The standard InChI is InChI=1S/C20H23N3O3/c1-20(2,13-24)21-19(25)18-16-11-15(9-10-17(16)22-23(18)3)26-12-14-7-5-4-6-8-14/h4-11,24H,12-13H2,1-3H3,(H,21,25). The van der Waals surface area contributed by atoms with Crippen LogP contribution in [0.3, 0.4) is 0 Å². The molecule has 3 aromatic rings. The van der Waals surface area contributed by atoms with E-state index in [1.54, 1.807) is 25.6 Å². The Hall–Kier alpha value is -2.86. The molecule has 0 spiro atoms. The highest BCUT2D eigenvalue weighted by Crippen LogP contribution is 2.24. The lowest BCUT2D eigenvalue weighted by Gasteiger charge is -2.23. The number of carbonyl (C=O) groups is 1. The van der Waals surface area contributed by atoms with Crippen molar-refractivity contribution >= 4 is 16.8 Å². The van der Waals surface area contributed by atoms with E-state index >= 15 is 0 Å². The number of carbonyl (C=O) groups excluding carboxylic acids is 1. The van der Waals surface area contributed by atoms with Gasteiger partial charge in [0.05, 0.1) is 17.7 Å². The summed E-state index contributed by atoms with van der Waals surface area (Å²) in [6, 6.07) is 15.4. The summed E-state index contributed by atoms with van der Waals surface area (Å²) < 4.78 is 7.41. The van der Waals surface area contributed by atoms with Crippen molar-refractivity contribution in [2.45, 2.75) is 26.0 Å². The molecule has 2 aromatic carbocycles. The average Bonchev–Trinajstić information content (AvgIpc) is 2.95. The molecule has 0 atom stereocenters. The number of aryl methyl sites for hydroxylation is 1. The lowest BCUT2D eigenvalue weighted by atomic mass is 10.1. The van der Waals surface area contributed by atoms with Gasteiger partial charge in [-0.05, 0) is 37.6 Å². The number of fused-ring (bicyclic) bond motifs is 1. The number of aliphatic hydroxyl groups excluding tert-OH is 1. The zero-order valence-electron chi connectivity index (χ0n) is 15.2. The van der Waals surface area contributed by atoms with E-state index in [1.807, 2.05) is 48.5 Å². The Labute approximate surface area is 152 Å². The smallest absolute Gasteiger partial charge is 0.270 e. The van der Waals surface area contributed by atoms with Crippen molar-refractivity contribution in [1.82, 2.24) is 15.1 Å². The van der Waals surface area contributed by atoms with Gasteiger partial charge in [-0.2, -0.15) is 5.10 Å². The van der Waals surface area contributed by atoms with Crippen LogP contribution in [0, 0.1) is 0 Å². The molecule has 0 saturated carbocycles. The Morgan fingerprint density at radius 3 is 2.65 bits per heavy atom. The third-order valence-corrected chi connectivity index (χ3v) is 4.12. The Bertz CT molecular complexity index is 917. The third kappa shape index (κ3) is 3.86. The van der Waals surface area contributed by atoms with Crippen LogP contribution < -0.4 is 10.1 Å². The first-order chi connectivity index (χ1) is 12.4. The van der Waals surface area contributed by atoms with Crippen LogP contribution in [0.5, 0.6) is 5.75 Å². The lowest BCUT2D eigenvalue weighted by Crippen LogP contribution is -2.46. The lowest BCUT2D eigenvalue weighted by molar-refractivity contribution is 0.0861. The van der Waals surface area contributed by atoms with Crippen LogP contribution in [0.25, 0.3) is 10.9 Å². The zero-order valence-corrected chi connectivity index (χ0v) is 15.2. The summed E-state index contributed by atoms with van der Waals surface area (Å²) in [5.41, 5.74) is 1.51. The summed E-state index contributed by atoms with van der Waals surface area (Å²) in [5.74, 6) is 0.388. The van der Waals surface area contributed by atoms with Crippen LogP contribution in [0.2, 0.25) is 0 Å². The van der Waals surface area contributed by atoms with Crippen LogP contribution in [0.1, 0.15) is 29.9 Å². The molecule has 3 rings (SSSR count). The molecule has 1 aromatic heterocycles. The molecule has 0 aliphatic rings. The van der Waals surface area contributed by atoms with E-state index in [1.165, 1.54) is 0 Å². The summed E-state index contributed by atoms with van der Waals surface area (Å²) in [6.45, 7) is 3.82. The molecule has 0 radical (unpaired) electrons. The molecule has 0 unspecified atom stereocenters. The fourth-order valence-corrected chi connectivity index (χ4v) is 2.68. The molecule has 1 amide bonds. The minimum atomic E-state index is -0.713. The second-order valence-corrected chi connectivity index (χ2v) is 6.92. The predicted molar refractivity (Wildman–Crippen MR) is 100 cm³/mol. The van der Waals surface area contributed by atoms with Gasteiger partial charge in [0.1, 0.15) is 18.1 Å². The van der Waals surface area contributed by atoms with Gasteiger partial charge in [0.25, 0.3) is 5.91 Å². The van der Waals surface area contributed by atoms with Gasteiger partial charge >= 0.3 is 0 Å². The van der Waals surface area contributed by atoms with Gasteiger partial charge in [0.15, 0.2) is 0 Å². The Balaban J connectivity index is 1.87. The van der Waals surface area contributed by atoms with Gasteiger partial charge < -0.3 is 15.2 Å². The van der Waals surface area contributed by atoms with Crippen molar-refractivity contribution in [3.05, 3.63) is 59.8 Å². The van der Waals surface area contributed by atoms with Crippen LogP contribution in [-0.2, 0) is 13.7 Å². The van der Waals surface area contributed by atoms with E-state index in [0.29, 0.717) is 29.0 Å². The van der Waals surface area contributed by atoms with Gasteiger partial charge in [-0.1, -0.05) is 30.3 Å². The summed E-state index contributed by atoms with van der Waals surface area (Å²) in [7, 11) is 1.73. The second-order valence-electron chi connectivity index (χ2n) is 6.92. The number of benzene rings is 2. The van der Waals surface area contributed by atoms with Crippen LogP contribution in [0.15, 0.2) is 48.5 Å². The van der Waals surface area contributed by atoms with Crippen molar-refractivity contribution in [3.8, 4) is 5.75 Å². The quantitative estimate of drug-likeness (QED) is 0.714. The van der Waals surface area contributed by atoms with Gasteiger partial charge in [-0.15, -0.1) is 0 Å². The van der Waals surface area contributed by atoms with E-state index in [9.17, 15) is 9.90 Å². The number of amides is 1. The normalized spacial score (nSPS) is 11.5. The van der Waals surface area contributed by atoms with Crippen LogP contribution in [0.4, 0.5) is 0 Å². The summed E-state index contributed by atoms with van der Waals surface area (Å²) in [4.78, 5) is 12.7. The van der Waals surface area contributed by atoms with Gasteiger partial charge in [-0.25, -0.2) is 0 Å². The topological polar surface area (TPSA) is 76.4 Å². The highest BCUT2D eigenvalue weighted by Gasteiger charge is 2.24. The molecule has 0 bridgehead atoms. The van der Waals surface area contributed by atoms with Crippen LogP contribution >= 0.6 is 0 Å². The maximum atomic E-state index is 12.7. The molecule has 26 heavy (non-hydrogen) atoms.